The molecule has 7 nitrogen and oxygen atoms in total. The number of anilines is 1. The van der Waals surface area contributed by atoms with Gasteiger partial charge in [0.2, 0.25) is 5.91 Å². The number of rotatable bonds is 7. The van der Waals surface area contributed by atoms with Gasteiger partial charge in [0.1, 0.15) is 5.84 Å². The van der Waals surface area contributed by atoms with Crippen LogP contribution in [0.15, 0.2) is 75.7 Å². The highest BCUT2D eigenvalue weighted by molar-refractivity contribution is 7.99. The Balaban J connectivity index is 1.40. The van der Waals surface area contributed by atoms with Crippen molar-refractivity contribution >= 4 is 35.0 Å². The third-order valence-electron chi connectivity index (χ3n) is 5.69. The molecule has 168 valence electrons. The van der Waals surface area contributed by atoms with Crippen molar-refractivity contribution in [3.8, 4) is 11.3 Å². The van der Waals surface area contributed by atoms with Gasteiger partial charge in [0.25, 0.3) is 0 Å². The lowest BCUT2D eigenvalue weighted by molar-refractivity contribution is -0.115. The predicted octanol–water partition coefficient (Wildman–Crippen LogP) is 4.95. The molecule has 2 heterocycles. The van der Waals surface area contributed by atoms with Gasteiger partial charge in [-0.3, -0.25) is 4.79 Å². The van der Waals surface area contributed by atoms with Crippen LogP contribution in [0.2, 0.25) is 0 Å². The van der Waals surface area contributed by atoms with E-state index >= 15 is 0 Å². The molecule has 8 heteroatoms. The van der Waals surface area contributed by atoms with Gasteiger partial charge in [-0.05, 0) is 54.8 Å². The Morgan fingerprint density at radius 1 is 1.12 bits per heavy atom. The first-order chi connectivity index (χ1) is 16.2. The van der Waals surface area contributed by atoms with E-state index in [1.807, 2.05) is 67.6 Å². The van der Waals surface area contributed by atoms with Crippen molar-refractivity contribution in [2.45, 2.75) is 48.7 Å². The Hall–Kier alpha value is -3.23. The topological polar surface area (TPSA) is 91.3 Å². The Labute approximate surface area is 197 Å². The van der Waals surface area contributed by atoms with Crippen molar-refractivity contribution in [1.82, 2.24) is 20.8 Å². The smallest absolute Gasteiger partial charge is 0.224 e. The van der Waals surface area contributed by atoms with E-state index in [0.717, 1.165) is 40.0 Å². The minimum atomic E-state index is -0.00279. The summed E-state index contributed by atoms with van der Waals surface area (Å²) in [4.78, 5) is 26.9. The largest absolute Gasteiger partial charge is 0.326 e. The average Bonchev–Trinajstić information content (AvgIpc) is 3.59. The molecule has 2 fully saturated rings. The summed E-state index contributed by atoms with van der Waals surface area (Å²) in [5, 5.41) is 3.50. The zero-order valence-corrected chi connectivity index (χ0v) is 19.2. The third-order valence-corrected chi connectivity index (χ3v) is 6.56. The summed E-state index contributed by atoms with van der Waals surface area (Å²) in [6.07, 6.45) is 3.93. The van der Waals surface area contributed by atoms with Crippen LogP contribution in [0.5, 0.6) is 0 Å². The maximum Gasteiger partial charge on any atom is 0.224 e. The summed E-state index contributed by atoms with van der Waals surface area (Å²) in [6, 6.07) is 20.2. The highest BCUT2D eigenvalue weighted by atomic mass is 32.2. The summed E-state index contributed by atoms with van der Waals surface area (Å²) in [6.45, 7) is 1.83. The number of hydrogen-bond acceptors (Lipinski definition) is 6. The van der Waals surface area contributed by atoms with Gasteiger partial charge >= 0.3 is 0 Å². The molecule has 33 heavy (non-hydrogen) atoms. The van der Waals surface area contributed by atoms with Crippen LogP contribution >= 0.6 is 11.8 Å². The first-order valence-electron chi connectivity index (χ1n) is 11.3. The Bertz CT molecular complexity index is 1160. The van der Waals surface area contributed by atoms with Gasteiger partial charge in [0.15, 0.2) is 11.0 Å². The number of aromatic nitrogens is 2. The number of carbonyl (C=O) groups is 1. The molecular formula is C25H26N6OS. The molecule has 5 rings (SSSR count). The molecule has 1 aliphatic heterocycles. The number of benzene rings is 2. The van der Waals surface area contributed by atoms with E-state index in [0.29, 0.717) is 23.4 Å². The van der Waals surface area contributed by atoms with E-state index in [1.54, 1.807) is 0 Å². The van der Waals surface area contributed by atoms with Gasteiger partial charge in [0.05, 0.1) is 5.69 Å². The number of carbonyl (C=O) groups excluding carboxylic acids is 1. The summed E-state index contributed by atoms with van der Waals surface area (Å²) >= 11 is 1.48. The number of aliphatic imine (C=N–C) groups is 1. The number of hydrogen-bond donors (Lipinski definition) is 3. The van der Waals surface area contributed by atoms with Crippen LogP contribution in [0, 0.1) is 5.92 Å². The molecule has 1 saturated carbocycles. The molecule has 0 bridgehead atoms. The van der Waals surface area contributed by atoms with Crippen LogP contribution in [-0.2, 0) is 4.79 Å². The number of amides is 1. The van der Waals surface area contributed by atoms with Crippen molar-refractivity contribution in [1.29, 1.82) is 0 Å². The summed E-state index contributed by atoms with van der Waals surface area (Å²) in [5.74, 6) is 2.30. The fourth-order valence-corrected chi connectivity index (χ4v) is 4.48. The van der Waals surface area contributed by atoms with E-state index in [4.69, 9.17) is 15.0 Å². The molecule has 2 aliphatic rings. The average molecular weight is 459 g/mol. The Morgan fingerprint density at radius 2 is 1.91 bits per heavy atom. The highest BCUT2D eigenvalue weighted by Gasteiger charge is 2.35. The van der Waals surface area contributed by atoms with E-state index in [1.165, 1.54) is 24.6 Å². The molecule has 1 unspecified atom stereocenters. The lowest BCUT2D eigenvalue weighted by Gasteiger charge is -2.08. The van der Waals surface area contributed by atoms with Gasteiger partial charge in [-0.25, -0.2) is 20.4 Å². The number of nitrogens with one attached hydrogen (secondary N) is 3. The molecule has 1 aromatic heterocycles. The summed E-state index contributed by atoms with van der Waals surface area (Å²) in [5.41, 5.74) is 9.22. The Kier molecular flexibility index (Phi) is 6.37. The van der Waals surface area contributed by atoms with Crippen LogP contribution in [0.4, 0.5) is 11.5 Å². The maximum absolute atomic E-state index is 11.6. The molecule has 1 atom stereocenters. The minimum Gasteiger partial charge on any atom is -0.326 e. The first-order valence-corrected chi connectivity index (χ1v) is 12.1. The quantitative estimate of drug-likeness (QED) is 0.434. The standard InChI is InChI=1S/C25H26N6OS/c1-2-24(32)26-18-10-12-19(13-11-18)33-25-27-20(16-6-4-3-5-7-16)14-22(29-25)28-23-15-21(30-31-23)17-8-9-17/h3-7,10-14,17,21,30H,2,8-9,15H2,1H3,(H,26,32)(H,27,28,29,31). The molecule has 1 amide bonds. The first kappa shape index (κ1) is 21.6. The van der Waals surface area contributed by atoms with E-state index in [9.17, 15) is 4.79 Å². The molecule has 1 aliphatic carbocycles. The molecule has 0 spiro atoms. The van der Waals surface area contributed by atoms with Crippen LogP contribution in [-0.4, -0.2) is 27.8 Å². The second kappa shape index (κ2) is 9.72. The van der Waals surface area contributed by atoms with Crippen molar-refractivity contribution in [3.63, 3.8) is 0 Å². The molecule has 3 aromatic rings. The predicted molar refractivity (Wildman–Crippen MR) is 131 cm³/mol. The fraction of sp³-hybridized carbons (Fsp3) is 0.280. The maximum atomic E-state index is 11.6. The summed E-state index contributed by atoms with van der Waals surface area (Å²) < 4.78 is 0. The van der Waals surface area contributed by atoms with Gasteiger partial charge in [0, 0.05) is 41.1 Å². The monoisotopic (exact) mass is 458 g/mol. The SMILES string of the molecule is CCC(=O)Nc1ccc(Sc2nc(N=C3CC(C4CC4)NN3)cc(-c3ccccc3)n2)cc1. The molecular weight excluding hydrogens is 432 g/mol. The van der Waals surface area contributed by atoms with Crippen molar-refractivity contribution in [2.24, 2.45) is 10.9 Å². The van der Waals surface area contributed by atoms with Gasteiger partial charge < -0.3 is 10.7 Å². The number of nitrogens with zero attached hydrogens (tertiary/aromatic N) is 3. The Morgan fingerprint density at radius 3 is 2.64 bits per heavy atom. The summed E-state index contributed by atoms with van der Waals surface area (Å²) in [7, 11) is 0. The third kappa shape index (κ3) is 5.58. The van der Waals surface area contributed by atoms with Crippen LogP contribution in [0.3, 0.4) is 0 Å². The van der Waals surface area contributed by atoms with Gasteiger partial charge in [-0.15, -0.1) is 0 Å². The van der Waals surface area contributed by atoms with Crippen molar-refractivity contribution in [2.75, 3.05) is 5.32 Å². The minimum absolute atomic E-state index is 0.00279. The van der Waals surface area contributed by atoms with Crippen LogP contribution < -0.4 is 16.2 Å². The van der Waals surface area contributed by atoms with Crippen LogP contribution in [0.25, 0.3) is 11.3 Å². The fourth-order valence-electron chi connectivity index (χ4n) is 3.72. The number of amidine groups is 1. The van der Waals surface area contributed by atoms with E-state index < -0.39 is 0 Å². The zero-order chi connectivity index (χ0) is 22.6. The second-order valence-electron chi connectivity index (χ2n) is 8.26. The molecule has 0 radical (unpaired) electrons. The lowest BCUT2D eigenvalue weighted by Crippen LogP contribution is -2.32. The highest BCUT2D eigenvalue weighted by Crippen LogP contribution is 2.35. The molecule has 1 saturated heterocycles. The molecule has 2 aromatic carbocycles. The lowest BCUT2D eigenvalue weighted by atomic mass is 10.1. The second-order valence-corrected chi connectivity index (χ2v) is 9.30. The van der Waals surface area contributed by atoms with Crippen LogP contribution in [0.1, 0.15) is 32.6 Å². The van der Waals surface area contributed by atoms with Crippen molar-refractivity contribution in [3.05, 3.63) is 60.7 Å². The number of hydrazine groups is 1. The normalized spacial score (nSPS) is 18.8. The van der Waals surface area contributed by atoms with E-state index in [2.05, 4.69) is 16.2 Å². The van der Waals surface area contributed by atoms with E-state index in [-0.39, 0.29) is 5.91 Å². The molecule has 3 N–H and O–H groups in total. The van der Waals surface area contributed by atoms with Crippen molar-refractivity contribution < 1.29 is 4.79 Å². The van der Waals surface area contributed by atoms with Gasteiger partial charge in [-0.2, -0.15) is 0 Å². The van der Waals surface area contributed by atoms with Gasteiger partial charge in [-0.1, -0.05) is 37.3 Å². The zero-order valence-electron chi connectivity index (χ0n) is 18.4.